The Morgan fingerprint density at radius 1 is 1.09 bits per heavy atom. The number of pyridine rings is 1. The van der Waals surface area contributed by atoms with Crippen LogP contribution in [0.2, 0.25) is 0 Å². The molecule has 1 atom stereocenters. The van der Waals surface area contributed by atoms with Crippen molar-refractivity contribution in [2.75, 3.05) is 31.5 Å². The average molecular weight is 471 g/mol. The standard InChI is InChI=1S/C24H27FN4O3S/c1-16-13-19-5-4-6-22(23(19)26-15-16)33(31,32)29-11-9-28(10-12-29)18(3)24(30)27-20-8-7-17(2)21(25)14-20/h4-8,13-15,18H,9-12H2,1-3H3,(H,27,30). The molecule has 1 fully saturated rings. The van der Waals surface area contributed by atoms with E-state index in [1.807, 2.05) is 24.0 Å². The first kappa shape index (κ1) is 23.3. The zero-order valence-corrected chi connectivity index (χ0v) is 19.7. The molecule has 174 valence electrons. The Hall–Kier alpha value is -2.88. The van der Waals surface area contributed by atoms with Crippen LogP contribution in [0.3, 0.4) is 0 Å². The molecule has 0 radical (unpaired) electrons. The van der Waals surface area contributed by atoms with E-state index in [2.05, 4.69) is 10.3 Å². The molecule has 1 aliphatic heterocycles. The summed E-state index contributed by atoms with van der Waals surface area (Å²) >= 11 is 0. The van der Waals surface area contributed by atoms with Gasteiger partial charge in [0.1, 0.15) is 10.7 Å². The molecule has 0 bridgehead atoms. The van der Waals surface area contributed by atoms with E-state index < -0.39 is 16.1 Å². The second-order valence-corrected chi connectivity index (χ2v) is 10.3. The van der Waals surface area contributed by atoms with Crippen molar-refractivity contribution in [2.45, 2.75) is 31.7 Å². The van der Waals surface area contributed by atoms with Crippen molar-refractivity contribution in [2.24, 2.45) is 0 Å². The van der Waals surface area contributed by atoms with Crippen LogP contribution in [0.1, 0.15) is 18.1 Å². The molecule has 33 heavy (non-hydrogen) atoms. The van der Waals surface area contributed by atoms with Gasteiger partial charge in [0, 0.05) is 43.4 Å². The fraction of sp³-hybridized carbons (Fsp3) is 0.333. The van der Waals surface area contributed by atoms with Crippen LogP contribution in [-0.4, -0.2) is 60.7 Å². The van der Waals surface area contributed by atoms with Gasteiger partial charge in [-0.15, -0.1) is 0 Å². The fourth-order valence-electron chi connectivity index (χ4n) is 4.00. The summed E-state index contributed by atoms with van der Waals surface area (Å²) in [6, 6.07) is 11.2. The number of piperazine rings is 1. The van der Waals surface area contributed by atoms with Gasteiger partial charge in [0.25, 0.3) is 0 Å². The van der Waals surface area contributed by atoms with E-state index in [-0.39, 0.29) is 29.7 Å². The molecule has 2 aromatic carbocycles. The minimum absolute atomic E-state index is 0.195. The summed E-state index contributed by atoms with van der Waals surface area (Å²) in [5.41, 5.74) is 2.33. The number of hydrogen-bond acceptors (Lipinski definition) is 5. The zero-order valence-electron chi connectivity index (χ0n) is 18.9. The lowest BCUT2D eigenvalue weighted by atomic mass is 10.2. The maximum atomic E-state index is 13.8. The second-order valence-electron chi connectivity index (χ2n) is 8.41. The molecule has 1 saturated heterocycles. The number of nitrogens with zero attached hydrogens (tertiary/aromatic N) is 3. The third-order valence-electron chi connectivity index (χ3n) is 6.07. The van der Waals surface area contributed by atoms with Gasteiger partial charge >= 0.3 is 0 Å². The van der Waals surface area contributed by atoms with Gasteiger partial charge in [-0.25, -0.2) is 12.8 Å². The first-order valence-electron chi connectivity index (χ1n) is 10.8. The molecule has 7 nitrogen and oxygen atoms in total. The van der Waals surface area contributed by atoms with Gasteiger partial charge in [-0.2, -0.15) is 4.31 Å². The molecule has 0 saturated carbocycles. The SMILES string of the molecule is Cc1cnc2c(S(=O)(=O)N3CCN(C(C)C(=O)Nc4ccc(C)c(F)c4)CC3)cccc2c1. The number of aryl methyl sites for hydroxylation is 2. The van der Waals surface area contributed by atoms with E-state index in [1.165, 1.54) is 10.4 Å². The van der Waals surface area contributed by atoms with Crippen LogP contribution in [0.5, 0.6) is 0 Å². The van der Waals surface area contributed by atoms with Gasteiger partial charge in [0.15, 0.2) is 0 Å². The van der Waals surface area contributed by atoms with Crippen molar-refractivity contribution in [3.05, 3.63) is 65.6 Å². The Morgan fingerprint density at radius 2 is 1.82 bits per heavy atom. The molecule has 1 N–H and O–H groups in total. The van der Waals surface area contributed by atoms with Crippen molar-refractivity contribution < 1.29 is 17.6 Å². The maximum Gasteiger partial charge on any atom is 0.245 e. The predicted octanol–water partition coefficient (Wildman–Crippen LogP) is 3.32. The third-order valence-corrected chi connectivity index (χ3v) is 8.00. The number of carbonyl (C=O) groups is 1. The first-order chi connectivity index (χ1) is 15.7. The molecule has 1 aliphatic rings. The van der Waals surface area contributed by atoms with Crippen LogP contribution in [0.15, 0.2) is 53.6 Å². The number of sulfonamides is 1. The molecule has 0 aliphatic carbocycles. The van der Waals surface area contributed by atoms with Crippen molar-refractivity contribution in [3.8, 4) is 0 Å². The van der Waals surface area contributed by atoms with Crippen molar-refractivity contribution in [1.82, 2.24) is 14.2 Å². The molecule has 2 heterocycles. The molecule has 3 aromatic rings. The van der Waals surface area contributed by atoms with Gasteiger partial charge in [-0.3, -0.25) is 14.7 Å². The summed E-state index contributed by atoms with van der Waals surface area (Å²) in [7, 11) is -3.73. The van der Waals surface area contributed by atoms with Crippen molar-refractivity contribution in [1.29, 1.82) is 0 Å². The lowest BCUT2D eigenvalue weighted by molar-refractivity contribution is -0.121. The first-order valence-corrected chi connectivity index (χ1v) is 12.3. The van der Waals surface area contributed by atoms with Gasteiger partial charge in [-0.05, 0) is 56.2 Å². The quantitative estimate of drug-likeness (QED) is 0.619. The summed E-state index contributed by atoms with van der Waals surface area (Å²) in [5, 5.41) is 3.52. The molecule has 9 heteroatoms. The number of carbonyl (C=O) groups excluding carboxylic acids is 1. The average Bonchev–Trinajstić information content (AvgIpc) is 2.80. The summed E-state index contributed by atoms with van der Waals surface area (Å²) in [5.74, 6) is -0.638. The van der Waals surface area contributed by atoms with Crippen molar-refractivity contribution in [3.63, 3.8) is 0 Å². The van der Waals surface area contributed by atoms with Gasteiger partial charge in [0.2, 0.25) is 15.9 Å². The molecule has 0 spiro atoms. The fourth-order valence-corrected chi connectivity index (χ4v) is 5.59. The maximum absolute atomic E-state index is 13.8. The van der Waals surface area contributed by atoms with Gasteiger partial charge < -0.3 is 5.32 Å². The number of benzene rings is 2. The Morgan fingerprint density at radius 3 is 2.52 bits per heavy atom. The van der Waals surface area contributed by atoms with Crippen LogP contribution in [0.25, 0.3) is 10.9 Å². The molecular weight excluding hydrogens is 443 g/mol. The highest BCUT2D eigenvalue weighted by Crippen LogP contribution is 2.26. The predicted molar refractivity (Wildman–Crippen MR) is 126 cm³/mol. The lowest BCUT2D eigenvalue weighted by Crippen LogP contribution is -2.53. The highest BCUT2D eigenvalue weighted by molar-refractivity contribution is 7.89. The highest BCUT2D eigenvalue weighted by atomic mass is 32.2. The lowest BCUT2D eigenvalue weighted by Gasteiger charge is -2.36. The number of nitrogens with one attached hydrogen (secondary N) is 1. The number of fused-ring (bicyclic) bond motifs is 1. The number of para-hydroxylation sites is 1. The highest BCUT2D eigenvalue weighted by Gasteiger charge is 2.33. The second kappa shape index (κ2) is 9.17. The Kier molecular flexibility index (Phi) is 6.47. The summed E-state index contributed by atoms with van der Waals surface area (Å²) in [6.45, 7) is 6.69. The number of hydrogen-bond donors (Lipinski definition) is 1. The normalized spacial score (nSPS) is 16.6. The number of halogens is 1. The minimum atomic E-state index is -3.73. The number of amides is 1. The molecule has 1 amide bonds. The molecular formula is C24H27FN4O3S. The smallest absolute Gasteiger partial charge is 0.245 e. The van der Waals surface area contributed by atoms with Crippen molar-refractivity contribution >= 4 is 32.5 Å². The van der Waals surface area contributed by atoms with Crippen LogP contribution in [0, 0.1) is 19.7 Å². The Labute approximate surface area is 193 Å². The Bertz CT molecular complexity index is 1300. The summed E-state index contributed by atoms with van der Waals surface area (Å²) in [4.78, 5) is 19.2. The minimum Gasteiger partial charge on any atom is -0.325 e. The number of aromatic nitrogens is 1. The number of rotatable bonds is 5. The topological polar surface area (TPSA) is 82.6 Å². The van der Waals surface area contributed by atoms with E-state index in [9.17, 15) is 17.6 Å². The van der Waals surface area contributed by atoms with Crippen LogP contribution < -0.4 is 5.32 Å². The summed E-state index contributed by atoms with van der Waals surface area (Å²) < 4.78 is 41.9. The van der Waals surface area contributed by atoms with Gasteiger partial charge in [0.05, 0.1) is 11.6 Å². The van der Waals surface area contributed by atoms with Gasteiger partial charge in [-0.1, -0.05) is 18.2 Å². The van der Waals surface area contributed by atoms with Crippen LogP contribution >= 0.6 is 0 Å². The molecule has 1 aromatic heterocycles. The van der Waals surface area contributed by atoms with Crippen LogP contribution in [0.4, 0.5) is 10.1 Å². The molecule has 4 rings (SSSR count). The Balaban J connectivity index is 1.44. The number of anilines is 1. The molecule has 1 unspecified atom stereocenters. The van der Waals surface area contributed by atoms with E-state index in [0.29, 0.717) is 29.9 Å². The van der Waals surface area contributed by atoms with E-state index in [0.717, 1.165) is 10.9 Å². The largest absolute Gasteiger partial charge is 0.325 e. The van der Waals surface area contributed by atoms with E-state index in [1.54, 1.807) is 44.3 Å². The summed E-state index contributed by atoms with van der Waals surface area (Å²) in [6.07, 6.45) is 1.67. The van der Waals surface area contributed by atoms with E-state index in [4.69, 9.17) is 0 Å². The monoisotopic (exact) mass is 470 g/mol. The zero-order chi connectivity index (χ0) is 23.8. The van der Waals surface area contributed by atoms with E-state index >= 15 is 0 Å². The van der Waals surface area contributed by atoms with Crippen LogP contribution in [-0.2, 0) is 14.8 Å². The third kappa shape index (κ3) is 4.75.